The van der Waals surface area contributed by atoms with Gasteiger partial charge in [-0.2, -0.15) is 0 Å². The lowest BCUT2D eigenvalue weighted by molar-refractivity contribution is 0.0534. The molecule has 0 spiro atoms. The summed E-state index contributed by atoms with van der Waals surface area (Å²) in [5.74, 6) is 0. The first-order chi connectivity index (χ1) is 10.5. The van der Waals surface area contributed by atoms with Crippen LogP contribution < -0.4 is 10.2 Å². The monoisotopic (exact) mass is 302 g/mol. The molecule has 4 nitrogen and oxygen atoms in total. The Bertz CT molecular complexity index is 526. The second kappa shape index (κ2) is 7.34. The summed E-state index contributed by atoms with van der Waals surface area (Å²) < 4.78 is 5.20. The van der Waals surface area contributed by atoms with Crippen molar-refractivity contribution >= 4 is 17.9 Å². The van der Waals surface area contributed by atoms with E-state index in [1.165, 1.54) is 24.1 Å². The number of amides is 1. The van der Waals surface area contributed by atoms with E-state index in [0.717, 1.165) is 13.1 Å². The van der Waals surface area contributed by atoms with E-state index >= 15 is 0 Å². The van der Waals surface area contributed by atoms with Crippen LogP contribution in [0, 0.1) is 0 Å². The maximum absolute atomic E-state index is 11.6. The van der Waals surface area contributed by atoms with Crippen molar-refractivity contribution in [3.8, 4) is 0 Å². The molecule has 1 aliphatic heterocycles. The third kappa shape index (κ3) is 5.10. The highest BCUT2D eigenvalue weighted by atomic mass is 16.6. The minimum absolute atomic E-state index is 0.384. The summed E-state index contributed by atoms with van der Waals surface area (Å²) in [6, 6.07) is 8.38. The number of rotatable bonds is 4. The van der Waals surface area contributed by atoms with Crippen LogP contribution in [0.25, 0.3) is 6.08 Å². The molecule has 1 amide bonds. The third-order valence-electron chi connectivity index (χ3n) is 3.44. The molecule has 1 N–H and O–H groups in total. The average molecular weight is 302 g/mol. The highest BCUT2D eigenvalue weighted by molar-refractivity contribution is 5.70. The lowest BCUT2D eigenvalue weighted by atomic mass is 10.1. The maximum atomic E-state index is 11.6. The van der Waals surface area contributed by atoms with Crippen LogP contribution in [0.1, 0.15) is 39.2 Å². The van der Waals surface area contributed by atoms with Crippen LogP contribution in [0.2, 0.25) is 0 Å². The Morgan fingerprint density at radius 1 is 1.27 bits per heavy atom. The molecule has 1 aliphatic rings. The Hall–Kier alpha value is -1.97. The van der Waals surface area contributed by atoms with Gasteiger partial charge in [0.05, 0.1) is 0 Å². The summed E-state index contributed by atoms with van der Waals surface area (Å²) in [7, 11) is 0. The van der Waals surface area contributed by atoms with Crippen molar-refractivity contribution < 1.29 is 9.53 Å². The van der Waals surface area contributed by atoms with Crippen molar-refractivity contribution in [2.24, 2.45) is 0 Å². The van der Waals surface area contributed by atoms with Gasteiger partial charge >= 0.3 is 6.09 Å². The Balaban J connectivity index is 1.89. The molecule has 4 heteroatoms. The van der Waals surface area contributed by atoms with Gasteiger partial charge in [0.15, 0.2) is 0 Å². The molecule has 0 saturated carbocycles. The average Bonchev–Trinajstić information content (AvgIpc) is 2.96. The van der Waals surface area contributed by atoms with Gasteiger partial charge in [-0.15, -0.1) is 0 Å². The smallest absolute Gasteiger partial charge is 0.407 e. The number of nitrogens with one attached hydrogen (secondary N) is 1. The molecule has 22 heavy (non-hydrogen) atoms. The van der Waals surface area contributed by atoms with Crippen LogP contribution in [0.4, 0.5) is 10.5 Å². The molecule has 120 valence electrons. The summed E-state index contributed by atoms with van der Waals surface area (Å²) in [6.45, 7) is 8.28. The number of anilines is 1. The van der Waals surface area contributed by atoms with E-state index in [-0.39, 0.29) is 6.09 Å². The number of para-hydroxylation sites is 1. The van der Waals surface area contributed by atoms with Gasteiger partial charge in [-0.25, -0.2) is 4.79 Å². The fourth-order valence-electron chi connectivity index (χ4n) is 2.52. The predicted molar refractivity (Wildman–Crippen MR) is 91.2 cm³/mol. The van der Waals surface area contributed by atoms with Gasteiger partial charge in [-0.3, -0.25) is 0 Å². The zero-order valence-electron chi connectivity index (χ0n) is 13.8. The molecule has 0 aromatic heterocycles. The van der Waals surface area contributed by atoms with Crippen LogP contribution in [0.15, 0.2) is 30.3 Å². The van der Waals surface area contributed by atoms with E-state index in [1.807, 2.05) is 32.9 Å². The van der Waals surface area contributed by atoms with Gasteiger partial charge in [-0.05, 0) is 45.2 Å². The zero-order chi connectivity index (χ0) is 16.0. The Labute approximate surface area is 133 Å². The number of carbonyl (C=O) groups is 1. The van der Waals surface area contributed by atoms with Crippen molar-refractivity contribution in [3.05, 3.63) is 35.9 Å². The molecule has 0 radical (unpaired) electrons. The van der Waals surface area contributed by atoms with E-state index in [0.29, 0.717) is 6.54 Å². The van der Waals surface area contributed by atoms with Crippen molar-refractivity contribution in [1.82, 2.24) is 5.32 Å². The van der Waals surface area contributed by atoms with Crippen LogP contribution in [0.3, 0.4) is 0 Å². The highest BCUT2D eigenvalue weighted by Crippen LogP contribution is 2.25. The van der Waals surface area contributed by atoms with Crippen molar-refractivity contribution in [2.45, 2.75) is 39.2 Å². The number of ether oxygens (including phenoxy) is 1. The van der Waals surface area contributed by atoms with Gasteiger partial charge < -0.3 is 15.0 Å². The van der Waals surface area contributed by atoms with Crippen LogP contribution >= 0.6 is 0 Å². The predicted octanol–water partition coefficient (Wildman–Crippen LogP) is 3.82. The molecule has 1 heterocycles. The minimum atomic E-state index is -0.462. The number of alkyl carbamates (subject to hydrolysis) is 1. The van der Waals surface area contributed by atoms with Gasteiger partial charge in [0.2, 0.25) is 0 Å². The molecule has 2 rings (SSSR count). The molecule has 1 saturated heterocycles. The molecule has 1 aromatic rings. The highest BCUT2D eigenvalue weighted by Gasteiger charge is 2.15. The third-order valence-corrected chi connectivity index (χ3v) is 3.44. The normalized spacial score (nSPS) is 15.3. The van der Waals surface area contributed by atoms with Gasteiger partial charge in [0.25, 0.3) is 0 Å². The van der Waals surface area contributed by atoms with E-state index in [4.69, 9.17) is 4.74 Å². The molecule has 0 bridgehead atoms. The van der Waals surface area contributed by atoms with Crippen LogP contribution in [0.5, 0.6) is 0 Å². The topological polar surface area (TPSA) is 41.6 Å². The SMILES string of the molecule is CC(C)(C)OC(=O)NCC=Cc1ccccc1N1CCCC1. The molecular formula is C18H26N2O2. The molecular weight excluding hydrogens is 276 g/mol. The van der Waals surface area contributed by atoms with Crippen LogP contribution in [-0.2, 0) is 4.74 Å². The molecule has 0 unspecified atom stereocenters. The summed E-state index contributed by atoms with van der Waals surface area (Å²) in [5.41, 5.74) is 2.00. The van der Waals surface area contributed by atoms with Crippen molar-refractivity contribution in [1.29, 1.82) is 0 Å². The van der Waals surface area contributed by atoms with E-state index in [9.17, 15) is 4.79 Å². The summed E-state index contributed by atoms with van der Waals surface area (Å²) in [4.78, 5) is 14.0. The summed E-state index contributed by atoms with van der Waals surface area (Å²) >= 11 is 0. The number of nitrogens with zero attached hydrogens (tertiary/aromatic N) is 1. The second-order valence-corrected chi connectivity index (χ2v) is 6.54. The number of hydrogen-bond donors (Lipinski definition) is 1. The van der Waals surface area contributed by atoms with Crippen molar-refractivity contribution in [2.75, 3.05) is 24.5 Å². The Kier molecular flexibility index (Phi) is 5.47. The van der Waals surface area contributed by atoms with Crippen molar-refractivity contribution in [3.63, 3.8) is 0 Å². The van der Waals surface area contributed by atoms with E-state index in [2.05, 4.69) is 34.5 Å². The number of benzene rings is 1. The largest absolute Gasteiger partial charge is 0.444 e. The van der Waals surface area contributed by atoms with Crippen LogP contribution in [-0.4, -0.2) is 31.3 Å². The second-order valence-electron chi connectivity index (χ2n) is 6.54. The molecule has 0 atom stereocenters. The van der Waals surface area contributed by atoms with Gasteiger partial charge in [-0.1, -0.05) is 30.4 Å². The minimum Gasteiger partial charge on any atom is -0.444 e. The number of hydrogen-bond acceptors (Lipinski definition) is 3. The van der Waals surface area contributed by atoms with E-state index in [1.54, 1.807) is 0 Å². The lowest BCUT2D eigenvalue weighted by Crippen LogP contribution is -2.32. The Morgan fingerprint density at radius 2 is 1.95 bits per heavy atom. The molecule has 1 aromatic carbocycles. The first-order valence-corrected chi connectivity index (χ1v) is 7.93. The maximum Gasteiger partial charge on any atom is 0.407 e. The summed E-state index contributed by atoms with van der Waals surface area (Å²) in [6.07, 6.45) is 6.16. The van der Waals surface area contributed by atoms with Gasteiger partial charge in [0.1, 0.15) is 5.60 Å². The molecule has 0 aliphatic carbocycles. The fraction of sp³-hybridized carbons (Fsp3) is 0.500. The standard InChI is InChI=1S/C18H26N2O2/c1-18(2,3)22-17(21)19-12-8-10-15-9-4-5-11-16(15)20-13-6-7-14-20/h4-5,8-11H,6-7,12-14H2,1-3H3,(H,19,21). The first-order valence-electron chi connectivity index (χ1n) is 7.93. The quantitative estimate of drug-likeness (QED) is 0.919. The fourth-order valence-corrected chi connectivity index (χ4v) is 2.52. The Morgan fingerprint density at radius 3 is 2.64 bits per heavy atom. The number of carbonyl (C=O) groups excluding carboxylic acids is 1. The lowest BCUT2D eigenvalue weighted by Gasteiger charge is -2.20. The zero-order valence-corrected chi connectivity index (χ0v) is 13.8. The first kappa shape index (κ1) is 16.4. The van der Waals surface area contributed by atoms with E-state index < -0.39 is 5.60 Å². The van der Waals surface area contributed by atoms with Gasteiger partial charge in [0, 0.05) is 25.3 Å². The summed E-state index contributed by atoms with van der Waals surface area (Å²) in [5, 5.41) is 2.74. The molecule has 1 fully saturated rings.